The van der Waals surface area contributed by atoms with Crippen LogP contribution in [0.15, 0.2) is 59.8 Å². The number of benzene rings is 2. The van der Waals surface area contributed by atoms with Crippen LogP contribution in [0, 0.1) is 0 Å². The first-order chi connectivity index (χ1) is 10.2. The Morgan fingerprint density at radius 1 is 1.00 bits per heavy atom. The minimum Gasteiger partial charge on any atom is -0.481 e. The quantitative estimate of drug-likeness (QED) is 0.651. The van der Waals surface area contributed by atoms with E-state index in [1.807, 2.05) is 54.6 Å². The molecule has 0 unspecified atom stereocenters. The molecule has 0 aliphatic heterocycles. The minimum atomic E-state index is -0.847. The van der Waals surface area contributed by atoms with Crippen LogP contribution in [0.2, 0.25) is 0 Å². The van der Waals surface area contributed by atoms with Crippen LogP contribution in [-0.4, -0.2) is 23.9 Å². The molecule has 2 aromatic carbocycles. The molecule has 4 nitrogen and oxygen atoms in total. The molecule has 0 saturated heterocycles. The van der Waals surface area contributed by atoms with Crippen LogP contribution in [-0.2, 0) is 9.63 Å². The average molecular weight is 283 g/mol. The van der Waals surface area contributed by atoms with Crippen molar-refractivity contribution in [1.82, 2.24) is 0 Å². The van der Waals surface area contributed by atoms with Gasteiger partial charge in [-0.2, -0.15) is 0 Å². The molecule has 2 rings (SSSR count). The molecule has 0 aliphatic rings. The molecule has 0 saturated carbocycles. The molecular weight excluding hydrogens is 266 g/mol. The van der Waals surface area contributed by atoms with Crippen molar-refractivity contribution in [1.29, 1.82) is 0 Å². The van der Waals surface area contributed by atoms with Crippen LogP contribution in [0.3, 0.4) is 0 Å². The van der Waals surface area contributed by atoms with Crippen molar-refractivity contribution < 1.29 is 14.7 Å². The van der Waals surface area contributed by atoms with Gasteiger partial charge in [0.15, 0.2) is 0 Å². The van der Waals surface area contributed by atoms with Gasteiger partial charge in [0.1, 0.15) is 7.11 Å². The van der Waals surface area contributed by atoms with E-state index >= 15 is 0 Å². The standard InChI is InChI=1S/C17H17NO3/c1-21-18-16(11-12-17(19)20)15-9-7-14(8-10-15)13-5-3-2-4-6-13/h2-10H,11-12H2,1H3,(H,19,20). The van der Waals surface area contributed by atoms with E-state index in [-0.39, 0.29) is 6.42 Å². The second-order valence-corrected chi connectivity index (χ2v) is 4.56. The number of nitrogens with zero attached hydrogens (tertiary/aromatic N) is 1. The molecule has 0 radical (unpaired) electrons. The molecule has 0 fully saturated rings. The zero-order valence-electron chi connectivity index (χ0n) is 11.8. The predicted octanol–water partition coefficient (Wildman–Crippen LogP) is 3.57. The summed E-state index contributed by atoms with van der Waals surface area (Å²) in [5.41, 5.74) is 3.76. The van der Waals surface area contributed by atoms with Crippen LogP contribution in [0.5, 0.6) is 0 Å². The zero-order chi connectivity index (χ0) is 15.1. The Bertz CT molecular complexity index is 618. The summed E-state index contributed by atoms with van der Waals surface area (Å²) < 4.78 is 0. The van der Waals surface area contributed by atoms with Gasteiger partial charge in [0.25, 0.3) is 0 Å². The number of carbonyl (C=O) groups is 1. The third-order valence-corrected chi connectivity index (χ3v) is 3.10. The second kappa shape index (κ2) is 7.24. The fourth-order valence-electron chi connectivity index (χ4n) is 2.06. The van der Waals surface area contributed by atoms with Crippen molar-refractivity contribution in [3.63, 3.8) is 0 Å². The molecule has 0 spiro atoms. The third kappa shape index (κ3) is 4.18. The maximum Gasteiger partial charge on any atom is 0.303 e. The fourth-order valence-corrected chi connectivity index (χ4v) is 2.06. The molecule has 0 atom stereocenters. The van der Waals surface area contributed by atoms with Crippen LogP contribution >= 0.6 is 0 Å². The Balaban J connectivity index is 2.20. The Morgan fingerprint density at radius 2 is 1.62 bits per heavy atom. The molecular formula is C17H17NO3. The summed E-state index contributed by atoms with van der Waals surface area (Å²) >= 11 is 0. The molecule has 0 heterocycles. The Morgan fingerprint density at radius 3 is 2.19 bits per heavy atom. The van der Waals surface area contributed by atoms with E-state index < -0.39 is 5.97 Å². The van der Waals surface area contributed by atoms with Gasteiger partial charge in [0.2, 0.25) is 0 Å². The van der Waals surface area contributed by atoms with E-state index in [0.29, 0.717) is 12.1 Å². The van der Waals surface area contributed by atoms with E-state index in [2.05, 4.69) is 5.16 Å². The first kappa shape index (κ1) is 14.8. The van der Waals surface area contributed by atoms with E-state index in [0.717, 1.165) is 16.7 Å². The van der Waals surface area contributed by atoms with E-state index in [1.165, 1.54) is 7.11 Å². The van der Waals surface area contributed by atoms with Crippen LogP contribution in [0.1, 0.15) is 18.4 Å². The Labute approximate surface area is 123 Å². The van der Waals surface area contributed by atoms with Gasteiger partial charge in [-0.1, -0.05) is 59.8 Å². The van der Waals surface area contributed by atoms with Gasteiger partial charge >= 0.3 is 5.97 Å². The monoisotopic (exact) mass is 283 g/mol. The number of carboxylic acids is 1. The molecule has 0 aromatic heterocycles. The highest BCUT2D eigenvalue weighted by molar-refractivity contribution is 6.01. The summed E-state index contributed by atoms with van der Waals surface area (Å²) in [5, 5.41) is 12.7. The number of hydrogen-bond donors (Lipinski definition) is 1. The Hall–Kier alpha value is -2.62. The van der Waals surface area contributed by atoms with Crippen molar-refractivity contribution in [2.75, 3.05) is 7.11 Å². The lowest BCUT2D eigenvalue weighted by Crippen LogP contribution is -2.05. The van der Waals surface area contributed by atoms with Gasteiger partial charge in [0.05, 0.1) is 12.1 Å². The number of hydrogen-bond acceptors (Lipinski definition) is 3. The topological polar surface area (TPSA) is 58.9 Å². The fraction of sp³-hybridized carbons (Fsp3) is 0.176. The van der Waals surface area contributed by atoms with Crippen LogP contribution < -0.4 is 0 Å². The lowest BCUT2D eigenvalue weighted by molar-refractivity contribution is -0.136. The van der Waals surface area contributed by atoms with Crippen LogP contribution in [0.4, 0.5) is 0 Å². The second-order valence-electron chi connectivity index (χ2n) is 4.56. The van der Waals surface area contributed by atoms with E-state index in [9.17, 15) is 4.79 Å². The molecule has 0 bridgehead atoms. The van der Waals surface area contributed by atoms with Gasteiger partial charge in [-0.25, -0.2) is 0 Å². The highest BCUT2D eigenvalue weighted by Gasteiger charge is 2.08. The van der Waals surface area contributed by atoms with E-state index in [4.69, 9.17) is 9.94 Å². The maximum absolute atomic E-state index is 10.7. The SMILES string of the molecule is CON=C(CCC(=O)O)c1ccc(-c2ccccc2)cc1. The highest BCUT2D eigenvalue weighted by atomic mass is 16.6. The first-order valence-electron chi connectivity index (χ1n) is 6.68. The molecule has 2 aromatic rings. The highest BCUT2D eigenvalue weighted by Crippen LogP contribution is 2.20. The largest absolute Gasteiger partial charge is 0.481 e. The molecule has 21 heavy (non-hydrogen) atoms. The van der Waals surface area contributed by atoms with Crippen molar-refractivity contribution in [3.05, 3.63) is 60.2 Å². The van der Waals surface area contributed by atoms with Crippen molar-refractivity contribution >= 4 is 11.7 Å². The van der Waals surface area contributed by atoms with Gasteiger partial charge < -0.3 is 9.94 Å². The minimum absolute atomic E-state index is 0.0304. The average Bonchev–Trinajstić information content (AvgIpc) is 2.52. The zero-order valence-corrected chi connectivity index (χ0v) is 11.8. The van der Waals surface area contributed by atoms with Crippen LogP contribution in [0.25, 0.3) is 11.1 Å². The number of rotatable bonds is 6. The number of oxime groups is 1. The summed E-state index contributed by atoms with van der Waals surface area (Å²) in [4.78, 5) is 15.5. The smallest absolute Gasteiger partial charge is 0.303 e. The molecule has 1 N–H and O–H groups in total. The number of aliphatic carboxylic acids is 1. The first-order valence-corrected chi connectivity index (χ1v) is 6.68. The maximum atomic E-state index is 10.7. The molecule has 108 valence electrons. The van der Waals surface area contributed by atoms with Gasteiger partial charge in [-0.05, 0) is 16.7 Å². The Kier molecular flexibility index (Phi) is 5.10. The van der Waals surface area contributed by atoms with Crippen molar-refractivity contribution in [2.24, 2.45) is 5.16 Å². The molecule has 0 aliphatic carbocycles. The molecule has 4 heteroatoms. The van der Waals surface area contributed by atoms with Gasteiger partial charge in [-0.3, -0.25) is 4.79 Å². The van der Waals surface area contributed by atoms with Gasteiger partial charge in [0, 0.05) is 6.42 Å². The third-order valence-electron chi connectivity index (χ3n) is 3.10. The van der Waals surface area contributed by atoms with Crippen molar-refractivity contribution in [2.45, 2.75) is 12.8 Å². The summed E-state index contributed by atoms with van der Waals surface area (Å²) in [6.45, 7) is 0. The summed E-state index contributed by atoms with van der Waals surface area (Å²) in [6.07, 6.45) is 0.372. The normalized spacial score (nSPS) is 11.2. The van der Waals surface area contributed by atoms with Gasteiger partial charge in [-0.15, -0.1) is 0 Å². The predicted molar refractivity (Wildman–Crippen MR) is 82.3 cm³/mol. The lowest BCUT2D eigenvalue weighted by atomic mass is 10.0. The molecule has 0 amide bonds. The summed E-state index contributed by atoms with van der Waals surface area (Å²) in [7, 11) is 1.46. The van der Waals surface area contributed by atoms with Crippen molar-refractivity contribution in [3.8, 4) is 11.1 Å². The summed E-state index contributed by atoms with van der Waals surface area (Å²) in [6, 6.07) is 17.9. The lowest BCUT2D eigenvalue weighted by Gasteiger charge is -2.06. The number of carboxylic acid groups (broad SMARTS) is 1. The van der Waals surface area contributed by atoms with E-state index in [1.54, 1.807) is 0 Å². The summed E-state index contributed by atoms with van der Waals surface area (Å²) in [5.74, 6) is -0.847.